The standard InChI is InChI=1S/C25H30N6O2/c1-18-14-31(19(2)13-30(18)23-27-11-21(10-26)12-28-23)24(32)33-22-8-25(9-22)16-29(17-25)15-20-6-4-3-5-7-20/h3-7,11-12,18-19,22H,8-9,13-17H2,1-2H3/t18-,19+/m0/s1. The van der Waals surface area contributed by atoms with Crippen LogP contribution in [0.4, 0.5) is 10.7 Å². The Morgan fingerprint density at radius 1 is 1.12 bits per heavy atom. The van der Waals surface area contributed by atoms with Gasteiger partial charge in [-0.15, -0.1) is 0 Å². The van der Waals surface area contributed by atoms with Crippen LogP contribution in [0.1, 0.15) is 37.8 Å². The van der Waals surface area contributed by atoms with Crippen molar-refractivity contribution in [3.63, 3.8) is 0 Å². The van der Waals surface area contributed by atoms with E-state index >= 15 is 0 Å². The largest absolute Gasteiger partial charge is 0.446 e. The van der Waals surface area contributed by atoms with Gasteiger partial charge in [0.05, 0.1) is 18.0 Å². The van der Waals surface area contributed by atoms with E-state index in [4.69, 9.17) is 10.00 Å². The Morgan fingerprint density at radius 3 is 2.48 bits per heavy atom. The van der Waals surface area contributed by atoms with E-state index in [1.54, 1.807) is 0 Å². The van der Waals surface area contributed by atoms with Crippen LogP contribution in [0, 0.1) is 16.7 Å². The maximum absolute atomic E-state index is 12.9. The minimum absolute atomic E-state index is 0.00736. The Bertz CT molecular complexity index is 1020. The van der Waals surface area contributed by atoms with Gasteiger partial charge in [0.1, 0.15) is 12.2 Å². The molecule has 1 saturated carbocycles. The van der Waals surface area contributed by atoms with Crippen molar-refractivity contribution in [2.75, 3.05) is 31.1 Å². The zero-order chi connectivity index (χ0) is 23.0. The average Bonchev–Trinajstić information content (AvgIpc) is 2.78. The van der Waals surface area contributed by atoms with Crippen molar-refractivity contribution in [3.05, 3.63) is 53.9 Å². The van der Waals surface area contributed by atoms with E-state index in [1.165, 1.54) is 18.0 Å². The van der Waals surface area contributed by atoms with Gasteiger partial charge in [0, 0.05) is 50.2 Å². The van der Waals surface area contributed by atoms with Gasteiger partial charge >= 0.3 is 6.09 Å². The number of rotatable bonds is 4. The predicted molar refractivity (Wildman–Crippen MR) is 123 cm³/mol. The summed E-state index contributed by atoms with van der Waals surface area (Å²) in [6.45, 7) is 8.45. The molecule has 1 aromatic carbocycles. The molecule has 2 saturated heterocycles. The molecule has 0 radical (unpaired) electrons. The fraction of sp³-hybridized carbons (Fsp3) is 0.520. The SMILES string of the molecule is C[C@@H]1CN(c2ncc(C#N)cn2)[C@@H](C)CN1C(=O)OC1CC2(C1)CN(Cc1ccccc1)C2. The third kappa shape index (κ3) is 4.38. The van der Waals surface area contributed by atoms with Crippen molar-refractivity contribution < 1.29 is 9.53 Å². The molecule has 0 unspecified atom stereocenters. The number of benzene rings is 1. The molecule has 8 heteroatoms. The van der Waals surface area contributed by atoms with Crippen LogP contribution in [0.3, 0.4) is 0 Å². The fourth-order valence-electron chi connectivity index (χ4n) is 5.50. The maximum atomic E-state index is 12.9. The highest BCUT2D eigenvalue weighted by Crippen LogP contribution is 2.50. The van der Waals surface area contributed by atoms with E-state index in [-0.39, 0.29) is 24.3 Å². The smallest absolute Gasteiger partial charge is 0.410 e. The fourth-order valence-corrected chi connectivity index (χ4v) is 5.50. The molecular weight excluding hydrogens is 416 g/mol. The normalized spacial score (nSPS) is 24.6. The van der Waals surface area contributed by atoms with Crippen LogP contribution in [0.5, 0.6) is 0 Å². The molecule has 0 bridgehead atoms. The van der Waals surface area contributed by atoms with E-state index in [0.717, 1.165) is 32.5 Å². The Labute approximate surface area is 194 Å². The second-order valence-electron chi connectivity index (χ2n) is 9.93. The van der Waals surface area contributed by atoms with Gasteiger partial charge < -0.3 is 14.5 Å². The minimum Gasteiger partial charge on any atom is -0.446 e. The van der Waals surface area contributed by atoms with E-state index < -0.39 is 0 Å². The first-order valence-corrected chi connectivity index (χ1v) is 11.7. The van der Waals surface area contributed by atoms with Crippen LogP contribution in [-0.4, -0.2) is 70.2 Å². The molecule has 1 aliphatic carbocycles. The van der Waals surface area contributed by atoms with Gasteiger partial charge in [-0.05, 0) is 32.3 Å². The number of anilines is 1. The van der Waals surface area contributed by atoms with Crippen molar-refractivity contribution in [3.8, 4) is 6.07 Å². The lowest BCUT2D eigenvalue weighted by Gasteiger charge is -2.58. The Hall–Kier alpha value is -3.18. The molecule has 2 aliphatic heterocycles. The van der Waals surface area contributed by atoms with E-state index in [0.29, 0.717) is 30.0 Å². The summed E-state index contributed by atoms with van der Waals surface area (Å²) < 4.78 is 5.88. The van der Waals surface area contributed by atoms with Gasteiger partial charge in [0.2, 0.25) is 5.95 Å². The lowest BCUT2D eigenvalue weighted by Crippen LogP contribution is -2.64. The number of nitrogens with zero attached hydrogens (tertiary/aromatic N) is 6. The van der Waals surface area contributed by atoms with Gasteiger partial charge in [0.15, 0.2) is 0 Å². The molecule has 1 aromatic heterocycles. The highest BCUT2D eigenvalue weighted by molar-refractivity contribution is 5.69. The number of carbonyl (C=O) groups is 1. The number of aromatic nitrogens is 2. The summed E-state index contributed by atoms with van der Waals surface area (Å²) >= 11 is 0. The van der Waals surface area contributed by atoms with Gasteiger partial charge in [-0.3, -0.25) is 4.90 Å². The van der Waals surface area contributed by atoms with E-state index in [1.807, 2.05) is 24.0 Å². The molecule has 3 fully saturated rings. The summed E-state index contributed by atoms with van der Waals surface area (Å²) in [4.78, 5) is 27.9. The molecule has 33 heavy (non-hydrogen) atoms. The maximum Gasteiger partial charge on any atom is 0.410 e. The average molecular weight is 447 g/mol. The highest BCUT2D eigenvalue weighted by Gasteiger charge is 2.54. The van der Waals surface area contributed by atoms with Gasteiger partial charge in [-0.25, -0.2) is 14.8 Å². The van der Waals surface area contributed by atoms with Crippen LogP contribution in [0.25, 0.3) is 0 Å². The number of nitriles is 1. The zero-order valence-electron chi connectivity index (χ0n) is 19.2. The lowest BCUT2D eigenvalue weighted by molar-refractivity contribution is -0.137. The summed E-state index contributed by atoms with van der Waals surface area (Å²) in [7, 11) is 0. The molecule has 8 nitrogen and oxygen atoms in total. The molecule has 2 atom stereocenters. The number of amides is 1. The predicted octanol–water partition coefficient (Wildman–Crippen LogP) is 3.05. The topological polar surface area (TPSA) is 85.6 Å². The van der Waals surface area contributed by atoms with Gasteiger partial charge in [-0.1, -0.05) is 30.3 Å². The summed E-state index contributed by atoms with van der Waals surface area (Å²) in [6.07, 6.45) is 4.82. The Balaban J connectivity index is 1.09. The minimum atomic E-state index is -0.213. The first-order valence-electron chi connectivity index (χ1n) is 11.7. The van der Waals surface area contributed by atoms with Crippen LogP contribution in [-0.2, 0) is 11.3 Å². The first kappa shape index (κ1) is 21.7. The number of piperazine rings is 1. The van der Waals surface area contributed by atoms with Crippen molar-refractivity contribution in [2.45, 2.75) is 51.4 Å². The number of likely N-dealkylation sites (tertiary alicyclic amines) is 1. The van der Waals surface area contributed by atoms with E-state index in [2.05, 4.69) is 51.0 Å². The summed E-state index contributed by atoms with van der Waals surface area (Å²) in [5.74, 6) is 0.590. The number of hydrogen-bond donors (Lipinski definition) is 0. The number of hydrogen-bond acceptors (Lipinski definition) is 7. The zero-order valence-corrected chi connectivity index (χ0v) is 19.2. The second kappa shape index (κ2) is 8.64. The first-order chi connectivity index (χ1) is 15.9. The van der Waals surface area contributed by atoms with Crippen LogP contribution in [0.2, 0.25) is 0 Å². The second-order valence-corrected chi connectivity index (χ2v) is 9.93. The molecular formula is C25H30N6O2. The molecule has 3 aliphatic rings. The quantitative estimate of drug-likeness (QED) is 0.713. The Morgan fingerprint density at radius 2 is 1.82 bits per heavy atom. The summed E-state index contributed by atoms with van der Waals surface area (Å²) in [5, 5.41) is 8.95. The van der Waals surface area contributed by atoms with Gasteiger partial charge in [0.25, 0.3) is 0 Å². The van der Waals surface area contributed by atoms with Crippen molar-refractivity contribution >= 4 is 12.0 Å². The monoisotopic (exact) mass is 446 g/mol. The molecule has 172 valence electrons. The van der Waals surface area contributed by atoms with Crippen molar-refractivity contribution in [1.29, 1.82) is 5.26 Å². The number of carbonyl (C=O) groups excluding carboxylic acids is 1. The van der Waals surface area contributed by atoms with Crippen molar-refractivity contribution in [1.82, 2.24) is 19.8 Å². The lowest BCUT2D eigenvalue weighted by atomic mass is 9.61. The molecule has 5 rings (SSSR count). The molecule has 2 aromatic rings. The van der Waals surface area contributed by atoms with Crippen molar-refractivity contribution in [2.24, 2.45) is 5.41 Å². The number of ether oxygens (including phenoxy) is 1. The summed E-state index contributed by atoms with van der Waals surface area (Å²) in [6, 6.07) is 12.7. The van der Waals surface area contributed by atoms with Crippen LogP contribution < -0.4 is 4.90 Å². The highest BCUT2D eigenvalue weighted by atomic mass is 16.6. The van der Waals surface area contributed by atoms with Crippen LogP contribution >= 0.6 is 0 Å². The molecule has 1 spiro atoms. The third-order valence-corrected chi connectivity index (χ3v) is 7.20. The third-order valence-electron chi connectivity index (χ3n) is 7.20. The molecule has 1 amide bonds. The molecule has 0 N–H and O–H groups in total. The van der Waals surface area contributed by atoms with Gasteiger partial charge in [-0.2, -0.15) is 5.26 Å². The summed E-state index contributed by atoms with van der Waals surface area (Å²) in [5.41, 5.74) is 2.13. The van der Waals surface area contributed by atoms with Crippen LogP contribution in [0.15, 0.2) is 42.7 Å². The Kier molecular flexibility index (Phi) is 5.67. The van der Waals surface area contributed by atoms with E-state index in [9.17, 15) is 4.79 Å². The molecule has 3 heterocycles.